The first kappa shape index (κ1) is 18.1. The zero-order valence-corrected chi connectivity index (χ0v) is 15.2. The fourth-order valence-corrected chi connectivity index (χ4v) is 3.23. The third-order valence-electron chi connectivity index (χ3n) is 4.72. The third-order valence-corrected chi connectivity index (χ3v) is 4.72. The van der Waals surface area contributed by atoms with Crippen LogP contribution < -0.4 is 5.32 Å². The largest absolute Gasteiger partial charge is 0.337 e. The van der Waals surface area contributed by atoms with E-state index in [-0.39, 0.29) is 5.69 Å². The van der Waals surface area contributed by atoms with Crippen molar-refractivity contribution in [2.24, 2.45) is 0 Å². The number of rotatable bonds is 3. The lowest BCUT2D eigenvalue weighted by molar-refractivity contribution is 0.193. The van der Waals surface area contributed by atoms with Gasteiger partial charge in [0, 0.05) is 18.2 Å². The summed E-state index contributed by atoms with van der Waals surface area (Å²) in [4.78, 5) is 18.6. The van der Waals surface area contributed by atoms with Crippen LogP contribution >= 0.6 is 0 Å². The number of nitrogens with one attached hydrogen (secondary N) is 1. The van der Waals surface area contributed by atoms with Gasteiger partial charge in [-0.25, -0.2) is 13.6 Å². The summed E-state index contributed by atoms with van der Waals surface area (Å²) in [5.74, 6) is -0.748. The van der Waals surface area contributed by atoms with Gasteiger partial charge >= 0.3 is 6.03 Å². The predicted octanol–water partition coefficient (Wildman–Crippen LogP) is 4.69. The molecule has 1 aliphatic rings. The molecule has 2 amide bonds. The predicted molar refractivity (Wildman–Crippen MR) is 98.5 cm³/mol. The number of halogens is 2. The highest BCUT2D eigenvalue weighted by molar-refractivity contribution is 5.89. The fraction of sp³-hybridized carbons (Fsp3) is 0.250. The molecule has 1 atom stereocenters. The molecule has 1 fully saturated rings. The maximum absolute atomic E-state index is 13.8. The Morgan fingerprint density at radius 3 is 2.75 bits per heavy atom. The molecule has 1 aliphatic heterocycles. The Kier molecular flexibility index (Phi) is 4.77. The van der Waals surface area contributed by atoms with Gasteiger partial charge in [0.1, 0.15) is 17.7 Å². The molecule has 0 radical (unpaired) electrons. The van der Waals surface area contributed by atoms with Crippen molar-refractivity contribution in [1.82, 2.24) is 15.0 Å². The molecule has 28 heavy (non-hydrogen) atoms. The Balaban J connectivity index is 1.52. The molecule has 3 aromatic rings. The fourth-order valence-electron chi connectivity index (χ4n) is 3.23. The molecule has 4 rings (SSSR count). The van der Waals surface area contributed by atoms with Gasteiger partial charge in [-0.1, -0.05) is 35.0 Å². The number of aryl methyl sites for hydroxylation is 1. The topological polar surface area (TPSA) is 71.3 Å². The SMILES string of the molecule is Cc1ccc(-c2noc([C@@H]3CCCN3C(=O)Nc3ccc(F)cc3F)n2)cc1. The van der Waals surface area contributed by atoms with E-state index in [1.165, 1.54) is 11.0 Å². The molecule has 0 bridgehead atoms. The summed E-state index contributed by atoms with van der Waals surface area (Å²) in [5, 5.41) is 6.50. The summed E-state index contributed by atoms with van der Waals surface area (Å²) in [6.07, 6.45) is 1.42. The van der Waals surface area contributed by atoms with Gasteiger partial charge in [0.25, 0.3) is 0 Å². The second-order valence-corrected chi connectivity index (χ2v) is 6.73. The van der Waals surface area contributed by atoms with Crippen LogP contribution in [0, 0.1) is 18.6 Å². The van der Waals surface area contributed by atoms with E-state index in [0.717, 1.165) is 29.7 Å². The lowest BCUT2D eigenvalue weighted by atomic mass is 10.1. The number of nitrogens with zero attached hydrogens (tertiary/aromatic N) is 3. The van der Waals surface area contributed by atoms with Crippen molar-refractivity contribution < 1.29 is 18.1 Å². The second kappa shape index (κ2) is 7.38. The number of amides is 2. The van der Waals surface area contributed by atoms with Crippen LogP contribution in [0.25, 0.3) is 11.4 Å². The van der Waals surface area contributed by atoms with E-state index in [4.69, 9.17) is 4.52 Å². The molecule has 1 saturated heterocycles. The summed E-state index contributed by atoms with van der Waals surface area (Å²) in [6.45, 7) is 2.46. The molecule has 6 nitrogen and oxygen atoms in total. The summed E-state index contributed by atoms with van der Waals surface area (Å²) < 4.78 is 32.3. The molecule has 8 heteroatoms. The van der Waals surface area contributed by atoms with E-state index in [1.807, 2.05) is 31.2 Å². The number of likely N-dealkylation sites (tertiary alicyclic amines) is 1. The van der Waals surface area contributed by atoms with Gasteiger partial charge in [-0.15, -0.1) is 0 Å². The normalized spacial score (nSPS) is 16.4. The monoisotopic (exact) mass is 384 g/mol. The van der Waals surface area contributed by atoms with Gasteiger partial charge < -0.3 is 14.7 Å². The average Bonchev–Trinajstić information content (AvgIpc) is 3.33. The molecular formula is C20H18F2N4O2. The van der Waals surface area contributed by atoms with E-state index in [2.05, 4.69) is 15.5 Å². The van der Waals surface area contributed by atoms with Crippen LogP contribution in [0.2, 0.25) is 0 Å². The van der Waals surface area contributed by atoms with E-state index < -0.39 is 23.7 Å². The molecular weight excluding hydrogens is 366 g/mol. The molecule has 0 spiro atoms. The number of hydrogen-bond acceptors (Lipinski definition) is 4. The van der Waals surface area contributed by atoms with Crippen molar-refractivity contribution in [3.8, 4) is 11.4 Å². The zero-order valence-electron chi connectivity index (χ0n) is 15.2. The minimum Gasteiger partial charge on any atom is -0.337 e. The zero-order chi connectivity index (χ0) is 19.7. The standard InChI is InChI=1S/C20H18F2N4O2/c1-12-4-6-13(7-5-12)18-24-19(28-25-18)17-3-2-10-26(17)20(27)23-16-9-8-14(21)11-15(16)22/h4-9,11,17H,2-3,10H2,1H3,(H,23,27)/t17-/m0/s1. The number of carbonyl (C=O) groups excluding carboxylic acids is 1. The van der Waals surface area contributed by atoms with Gasteiger partial charge in [-0.05, 0) is 31.9 Å². The van der Waals surface area contributed by atoms with Gasteiger partial charge in [0.15, 0.2) is 0 Å². The summed E-state index contributed by atoms with van der Waals surface area (Å²) >= 11 is 0. The molecule has 144 valence electrons. The Hall–Kier alpha value is -3.29. The van der Waals surface area contributed by atoms with E-state index in [9.17, 15) is 13.6 Å². The van der Waals surface area contributed by atoms with Crippen LogP contribution in [0.5, 0.6) is 0 Å². The van der Waals surface area contributed by atoms with E-state index in [0.29, 0.717) is 24.7 Å². The van der Waals surface area contributed by atoms with E-state index >= 15 is 0 Å². The number of aromatic nitrogens is 2. The summed E-state index contributed by atoms with van der Waals surface area (Å²) in [6, 6.07) is 9.83. The van der Waals surface area contributed by atoms with Crippen LogP contribution in [0.1, 0.15) is 30.3 Å². The number of carbonyl (C=O) groups is 1. The Morgan fingerprint density at radius 2 is 2.00 bits per heavy atom. The second-order valence-electron chi connectivity index (χ2n) is 6.73. The summed E-state index contributed by atoms with van der Waals surface area (Å²) in [5.41, 5.74) is 1.87. The first-order valence-corrected chi connectivity index (χ1v) is 8.94. The molecule has 2 aromatic carbocycles. The molecule has 2 heterocycles. The minimum atomic E-state index is -0.830. The van der Waals surface area contributed by atoms with Crippen molar-refractivity contribution in [3.05, 3.63) is 65.6 Å². The minimum absolute atomic E-state index is 0.0806. The van der Waals surface area contributed by atoms with E-state index in [1.54, 1.807) is 0 Å². The summed E-state index contributed by atoms with van der Waals surface area (Å²) in [7, 11) is 0. The highest BCUT2D eigenvalue weighted by Crippen LogP contribution is 2.32. The van der Waals surface area contributed by atoms with Crippen molar-refractivity contribution in [2.45, 2.75) is 25.8 Å². The number of hydrogen-bond donors (Lipinski definition) is 1. The molecule has 0 saturated carbocycles. The number of benzene rings is 2. The van der Waals surface area contributed by atoms with Crippen LogP contribution in [-0.2, 0) is 0 Å². The molecule has 0 unspecified atom stereocenters. The quantitative estimate of drug-likeness (QED) is 0.711. The van der Waals surface area contributed by atoms with Gasteiger partial charge in [-0.3, -0.25) is 0 Å². The Labute approximate surface area is 160 Å². The van der Waals surface area contributed by atoms with Crippen LogP contribution in [0.15, 0.2) is 47.0 Å². The highest BCUT2D eigenvalue weighted by Gasteiger charge is 2.34. The lowest BCUT2D eigenvalue weighted by Crippen LogP contribution is -2.34. The van der Waals surface area contributed by atoms with Crippen molar-refractivity contribution in [2.75, 3.05) is 11.9 Å². The average molecular weight is 384 g/mol. The first-order chi connectivity index (χ1) is 13.5. The van der Waals surface area contributed by atoms with Crippen molar-refractivity contribution >= 4 is 11.7 Å². The molecule has 1 N–H and O–H groups in total. The van der Waals surface area contributed by atoms with Gasteiger partial charge in [0.05, 0.1) is 5.69 Å². The third kappa shape index (κ3) is 3.58. The number of anilines is 1. The Morgan fingerprint density at radius 1 is 1.21 bits per heavy atom. The van der Waals surface area contributed by atoms with Crippen molar-refractivity contribution in [1.29, 1.82) is 0 Å². The Bertz CT molecular complexity index is 1000. The van der Waals surface area contributed by atoms with Gasteiger partial charge in [0.2, 0.25) is 11.7 Å². The maximum atomic E-state index is 13.8. The highest BCUT2D eigenvalue weighted by atomic mass is 19.1. The van der Waals surface area contributed by atoms with Crippen LogP contribution in [0.3, 0.4) is 0 Å². The van der Waals surface area contributed by atoms with Gasteiger partial charge in [-0.2, -0.15) is 4.98 Å². The van der Waals surface area contributed by atoms with Crippen molar-refractivity contribution in [3.63, 3.8) is 0 Å². The molecule has 0 aliphatic carbocycles. The lowest BCUT2D eigenvalue weighted by Gasteiger charge is -2.22. The van der Waals surface area contributed by atoms with Crippen LogP contribution in [-0.4, -0.2) is 27.6 Å². The molecule has 1 aromatic heterocycles. The smallest absolute Gasteiger partial charge is 0.322 e. The first-order valence-electron chi connectivity index (χ1n) is 8.94. The number of urea groups is 1. The van der Waals surface area contributed by atoms with Crippen LogP contribution in [0.4, 0.5) is 19.3 Å². The maximum Gasteiger partial charge on any atom is 0.322 e.